The van der Waals surface area contributed by atoms with Gasteiger partial charge >= 0.3 is 0 Å². The van der Waals surface area contributed by atoms with Gasteiger partial charge in [-0.15, -0.1) is 0 Å². The normalized spacial score (nSPS) is 18.8. The smallest absolute Gasteiger partial charge is 0.129 e. The van der Waals surface area contributed by atoms with Crippen molar-refractivity contribution in [1.82, 2.24) is 4.90 Å². The molecule has 0 radical (unpaired) electrons. The summed E-state index contributed by atoms with van der Waals surface area (Å²) in [6, 6.07) is 5.49. The summed E-state index contributed by atoms with van der Waals surface area (Å²) in [5, 5.41) is 0. The molecule has 0 saturated carbocycles. The Morgan fingerprint density at radius 3 is 2.74 bits per heavy atom. The highest BCUT2D eigenvalue weighted by Crippen LogP contribution is 2.28. The second-order valence-electron chi connectivity index (χ2n) is 4.93. The summed E-state index contributed by atoms with van der Waals surface area (Å²) >= 11 is 3.28. The van der Waals surface area contributed by atoms with Crippen LogP contribution in [0.1, 0.15) is 24.4 Å². The monoisotopic (exact) mass is 330 g/mol. The minimum Gasteiger partial charge on any atom is -0.381 e. The van der Waals surface area contributed by atoms with Crippen molar-refractivity contribution in [2.24, 2.45) is 5.73 Å². The number of hydrogen-bond donors (Lipinski definition) is 1. The van der Waals surface area contributed by atoms with E-state index in [4.69, 9.17) is 10.5 Å². The number of hydrogen-bond acceptors (Lipinski definition) is 3. The van der Waals surface area contributed by atoms with Crippen LogP contribution in [0.3, 0.4) is 0 Å². The van der Waals surface area contributed by atoms with Crippen LogP contribution in [0.15, 0.2) is 22.7 Å². The van der Waals surface area contributed by atoms with Gasteiger partial charge in [0.15, 0.2) is 0 Å². The van der Waals surface area contributed by atoms with Crippen LogP contribution in [-0.2, 0) is 4.74 Å². The lowest BCUT2D eigenvalue weighted by atomic mass is 10.00. The second-order valence-corrected chi connectivity index (χ2v) is 5.84. The molecule has 2 N–H and O–H groups in total. The molecule has 1 aromatic rings. The quantitative estimate of drug-likeness (QED) is 0.922. The topological polar surface area (TPSA) is 38.5 Å². The molecule has 5 heteroatoms. The Bertz CT molecular complexity index is 424. The maximum Gasteiger partial charge on any atom is 0.129 e. The lowest BCUT2D eigenvalue weighted by Gasteiger charge is -2.37. The Kier molecular flexibility index (Phi) is 5.33. The second kappa shape index (κ2) is 6.79. The maximum absolute atomic E-state index is 14.1. The Balaban J connectivity index is 2.18. The highest BCUT2D eigenvalue weighted by Gasteiger charge is 2.26. The molecule has 1 heterocycles. The number of nitrogens with zero attached hydrogens (tertiary/aromatic N) is 1. The van der Waals surface area contributed by atoms with E-state index in [0.29, 0.717) is 18.2 Å². The Morgan fingerprint density at radius 2 is 2.16 bits per heavy atom. The van der Waals surface area contributed by atoms with Crippen LogP contribution in [-0.4, -0.2) is 37.7 Å². The fraction of sp³-hybridized carbons (Fsp3) is 0.571. The van der Waals surface area contributed by atoms with Crippen LogP contribution in [0.5, 0.6) is 0 Å². The van der Waals surface area contributed by atoms with Gasteiger partial charge in [-0.1, -0.05) is 22.0 Å². The van der Waals surface area contributed by atoms with Crippen molar-refractivity contribution >= 4 is 15.9 Å². The van der Waals surface area contributed by atoms with Crippen LogP contribution in [0.2, 0.25) is 0 Å². The van der Waals surface area contributed by atoms with Crippen molar-refractivity contribution in [2.75, 3.05) is 26.8 Å². The first-order chi connectivity index (χ1) is 9.13. The van der Waals surface area contributed by atoms with Gasteiger partial charge in [0.25, 0.3) is 0 Å². The summed E-state index contributed by atoms with van der Waals surface area (Å²) in [6.45, 7) is 1.96. The predicted molar refractivity (Wildman–Crippen MR) is 77.5 cm³/mol. The molecule has 1 aromatic carbocycles. The molecule has 1 fully saturated rings. The summed E-state index contributed by atoms with van der Waals surface area (Å²) in [7, 11) is 2.02. The molecule has 0 spiro atoms. The van der Waals surface area contributed by atoms with E-state index in [1.165, 1.54) is 6.07 Å². The average molecular weight is 331 g/mol. The lowest BCUT2D eigenvalue weighted by Crippen LogP contribution is -2.42. The molecule has 0 amide bonds. The standard InChI is InChI=1S/C14H20BrFN2O/c1-18(11-4-6-19-7-5-11)14(9-17)12-3-2-10(15)8-13(12)16/h2-3,8,11,14H,4-7,9,17H2,1H3. The Labute approximate surface area is 122 Å². The van der Waals surface area contributed by atoms with Gasteiger partial charge in [0.2, 0.25) is 0 Å². The molecule has 1 saturated heterocycles. The van der Waals surface area contributed by atoms with E-state index in [2.05, 4.69) is 20.8 Å². The van der Waals surface area contributed by atoms with E-state index in [1.54, 1.807) is 0 Å². The van der Waals surface area contributed by atoms with Crippen molar-refractivity contribution in [3.63, 3.8) is 0 Å². The minimum atomic E-state index is -0.205. The highest BCUT2D eigenvalue weighted by molar-refractivity contribution is 9.10. The third-order valence-corrected chi connectivity index (χ3v) is 4.30. The van der Waals surface area contributed by atoms with Crippen molar-refractivity contribution in [3.05, 3.63) is 34.1 Å². The zero-order chi connectivity index (χ0) is 13.8. The molecule has 19 heavy (non-hydrogen) atoms. The lowest BCUT2D eigenvalue weighted by molar-refractivity contribution is 0.0289. The van der Waals surface area contributed by atoms with Gasteiger partial charge in [0.05, 0.1) is 0 Å². The Hall–Kier alpha value is -0.490. The zero-order valence-electron chi connectivity index (χ0n) is 11.1. The summed E-state index contributed by atoms with van der Waals surface area (Å²) < 4.78 is 20.2. The molecule has 106 valence electrons. The van der Waals surface area contributed by atoms with Crippen LogP contribution in [0, 0.1) is 5.82 Å². The van der Waals surface area contributed by atoms with Crippen LogP contribution in [0.25, 0.3) is 0 Å². The van der Waals surface area contributed by atoms with Gasteiger partial charge in [-0.2, -0.15) is 0 Å². The summed E-state index contributed by atoms with van der Waals surface area (Å²) in [4.78, 5) is 2.19. The number of nitrogens with two attached hydrogens (primary N) is 1. The van der Waals surface area contributed by atoms with Gasteiger partial charge in [0, 0.05) is 41.9 Å². The zero-order valence-corrected chi connectivity index (χ0v) is 12.7. The van der Waals surface area contributed by atoms with Crippen LogP contribution < -0.4 is 5.73 Å². The molecule has 1 aliphatic rings. The SMILES string of the molecule is CN(C1CCOCC1)C(CN)c1ccc(Br)cc1F. The van der Waals surface area contributed by atoms with Gasteiger partial charge < -0.3 is 10.5 Å². The molecule has 0 bridgehead atoms. The van der Waals surface area contributed by atoms with Crippen molar-refractivity contribution in [1.29, 1.82) is 0 Å². The summed E-state index contributed by atoms with van der Waals surface area (Å²) in [5.41, 5.74) is 6.53. The van der Waals surface area contributed by atoms with Gasteiger partial charge in [-0.25, -0.2) is 4.39 Å². The Morgan fingerprint density at radius 1 is 1.47 bits per heavy atom. The van der Waals surface area contributed by atoms with Crippen molar-refractivity contribution in [2.45, 2.75) is 24.9 Å². The highest BCUT2D eigenvalue weighted by atomic mass is 79.9. The van der Waals surface area contributed by atoms with E-state index >= 15 is 0 Å². The van der Waals surface area contributed by atoms with E-state index in [9.17, 15) is 4.39 Å². The molecule has 1 unspecified atom stereocenters. The van der Waals surface area contributed by atoms with E-state index in [0.717, 1.165) is 30.5 Å². The van der Waals surface area contributed by atoms with Crippen LogP contribution in [0.4, 0.5) is 4.39 Å². The van der Waals surface area contributed by atoms with E-state index in [-0.39, 0.29) is 11.9 Å². The third-order valence-electron chi connectivity index (χ3n) is 3.80. The maximum atomic E-state index is 14.1. The fourth-order valence-electron chi connectivity index (χ4n) is 2.63. The molecular formula is C14H20BrFN2O. The molecule has 3 nitrogen and oxygen atoms in total. The first-order valence-electron chi connectivity index (χ1n) is 6.58. The van der Waals surface area contributed by atoms with E-state index < -0.39 is 0 Å². The number of halogens is 2. The predicted octanol–water partition coefficient (Wildman–Crippen LogP) is 2.70. The van der Waals surface area contributed by atoms with Gasteiger partial charge in [-0.3, -0.25) is 4.90 Å². The van der Waals surface area contributed by atoms with Crippen LogP contribution >= 0.6 is 15.9 Å². The minimum absolute atomic E-state index is 0.0869. The molecule has 0 aliphatic carbocycles. The molecular weight excluding hydrogens is 311 g/mol. The molecule has 1 atom stereocenters. The van der Waals surface area contributed by atoms with Gasteiger partial charge in [0.1, 0.15) is 5.82 Å². The number of rotatable bonds is 4. The average Bonchev–Trinajstić information content (AvgIpc) is 2.42. The molecule has 0 aromatic heterocycles. The fourth-order valence-corrected chi connectivity index (χ4v) is 2.96. The van der Waals surface area contributed by atoms with Crippen molar-refractivity contribution in [3.8, 4) is 0 Å². The number of likely N-dealkylation sites (N-methyl/N-ethyl adjacent to an activating group) is 1. The first kappa shape index (κ1) is 14.9. The molecule has 1 aliphatic heterocycles. The summed E-state index contributed by atoms with van der Waals surface area (Å²) in [5.74, 6) is -0.205. The van der Waals surface area contributed by atoms with Gasteiger partial charge in [-0.05, 0) is 32.0 Å². The largest absolute Gasteiger partial charge is 0.381 e. The van der Waals surface area contributed by atoms with E-state index in [1.807, 2.05) is 19.2 Å². The first-order valence-corrected chi connectivity index (χ1v) is 7.37. The number of ether oxygens (including phenoxy) is 1. The van der Waals surface area contributed by atoms with Crippen molar-refractivity contribution < 1.29 is 9.13 Å². The molecule has 2 rings (SSSR count). The third kappa shape index (κ3) is 3.54. The number of benzene rings is 1. The summed E-state index contributed by atoms with van der Waals surface area (Å²) in [6.07, 6.45) is 1.95.